The fourth-order valence-corrected chi connectivity index (χ4v) is 4.21. The van der Waals surface area contributed by atoms with Gasteiger partial charge >= 0.3 is 0 Å². The van der Waals surface area contributed by atoms with Crippen molar-refractivity contribution in [1.82, 2.24) is 4.31 Å². The van der Waals surface area contributed by atoms with Crippen LogP contribution in [-0.4, -0.2) is 38.8 Å². The fraction of sp³-hybridized carbons (Fsp3) is 0.316. The SMILES string of the molecule is CCN(CC)S(=O)(=O)c1ccc(NC)c(NC(=O)Cc2ccccc2F)c1. The Morgan fingerprint density at radius 3 is 2.33 bits per heavy atom. The first-order valence-electron chi connectivity index (χ1n) is 8.68. The van der Waals surface area contributed by atoms with E-state index in [4.69, 9.17) is 0 Å². The van der Waals surface area contributed by atoms with Crippen molar-refractivity contribution in [2.75, 3.05) is 30.8 Å². The molecule has 0 spiro atoms. The van der Waals surface area contributed by atoms with Gasteiger partial charge < -0.3 is 10.6 Å². The zero-order valence-corrected chi connectivity index (χ0v) is 16.4. The van der Waals surface area contributed by atoms with E-state index in [9.17, 15) is 17.6 Å². The first kappa shape index (κ1) is 20.9. The lowest BCUT2D eigenvalue weighted by atomic mass is 10.1. The van der Waals surface area contributed by atoms with Crippen molar-refractivity contribution in [2.45, 2.75) is 25.2 Å². The zero-order valence-electron chi connectivity index (χ0n) is 15.6. The van der Waals surface area contributed by atoms with E-state index >= 15 is 0 Å². The lowest BCUT2D eigenvalue weighted by Crippen LogP contribution is -2.30. The summed E-state index contributed by atoms with van der Waals surface area (Å²) >= 11 is 0. The van der Waals surface area contributed by atoms with Crippen LogP contribution in [0.25, 0.3) is 0 Å². The quantitative estimate of drug-likeness (QED) is 0.722. The van der Waals surface area contributed by atoms with Gasteiger partial charge in [-0.1, -0.05) is 32.0 Å². The van der Waals surface area contributed by atoms with Crippen molar-refractivity contribution in [3.05, 3.63) is 53.8 Å². The van der Waals surface area contributed by atoms with Crippen molar-refractivity contribution in [2.24, 2.45) is 0 Å². The standard InChI is InChI=1S/C19H24FN3O3S/c1-4-23(5-2)27(25,26)15-10-11-17(21-3)18(13-15)22-19(24)12-14-8-6-7-9-16(14)20/h6-11,13,21H,4-5,12H2,1-3H3,(H,22,24). The Hall–Kier alpha value is -2.45. The highest BCUT2D eigenvalue weighted by molar-refractivity contribution is 7.89. The number of amides is 1. The number of anilines is 2. The Labute approximate surface area is 159 Å². The van der Waals surface area contributed by atoms with Crippen LogP contribution in [0.1, 0.15) is 19.4 Å². The van der Waals surface area contributed by atoms with Gasteiger partial charge in [0.1, 0.15) is 5.82 Å². The molecule has 0 bridgehead atoms. The molecule has 146 valence electrons. The highest BCUT2D eigenvalue weighted by Crippen LogP contribution is 2.27. The minimum atomic E-state index is -3.66. The van der Waals surface area contributed by atoms with Crippen LogP contribution in [0.2, 0.25) is 0 Å². The average molecular weight is 393 g/mol. The van der Waals surface area contributed by atoms with Gasteiger partial charge in [-0.15, -0.1) is 0 Å². The summed E-state index contributed by atoms with van der Waals surface area (Å²) in [5.74, 6) is -0.895. The smallest absolute Gasteiger partial charge is 0.243 e. The van der Waals surface area contributed by atoms with Crippen LogP contribution in [0.5, 0.6) is 0 Å². The van der Waals surface area contributed by atoms with Crippen LogP contribution >= 0.6 is 0 Å². The summed E-state index contributed by atoms with van der Waals surface area (Å²) in [6, 6.07) is 10.5. The Kier molecular flexibility index (Phi) is 6.92. The number of carbonyl (C=O) groups is 1. The number of carbonyl (C=O) groups excluding carboxylic acids is 1. The first-order chi connectivity index (χ1) is 12.8. The van der Waals surface area contributed by atoms with Crippen molar-refractivity contribution in [1.29, 1.82) is 0 Å². The van der Waals surface area contributed by atoms with E-state index in [0.29, 0.717) is 24.5 Å². The number of benzene rings is 2. The maximum absolute atomic E-state index is 13.7. The Balaban J connectivity index is 2.30. The molecular weight excluding hydrogens is 369 g/mol. The summed E-state index contributed by atoms with van der Waals surface area (Å²) in [5.41, 5.74) is 1.16. The Morgan fingerprint density at radius 2 is 1.74 bits per heavy atom. The Bertz CT molecular complexity index is 912. The molecule has 2 aromatic carbocycles. The minimum Gasteiger partial charge on any atom is -0.386 e. The number of rotatable bonds is 8. The van der Waals surface area contributed by atoms with Crippen molar-refractivity contribution in [3.8, 4) is 0 Å². The molecule has 0 fully saturated rings. The predicted molar refractivity (Wildman–Crippen MR) is 105 cm³/mol. The average Bonchev–Trinajstić information content (AvgIpc) is 2.64. The molecule has 0 radical (unpaired) electrons. The van der Waals surface area contributed by atoms with Gasteiger partial charge in [0.15, 0.2) is 0 Å². The van der Waals surface area contributed by atoms with Gasteiger partial charge in [-0.25, -0.2) is 12.8 Å². The molecule has 0 unspecified atom stereocenters. The van der Waals surface area contributed by atoms with Crippen LogP contribution < -0.4 is 10.6 Å². The van der Waals surface area contributed by atoms with Crippen molar-refractivity contribution < 1.29 is 17.6 Å². The van der Waals surface area contributed by atoms with Crippen LogP contribution in [0.4, 0.5) is 15.8 Å². The summed E-state index contributed by atoms with van der Waals surface area (Å²) in [7, 11) is -1.99. The number of hydrogen-bond acceptors (Lipinski definition) is 4. The third-order valence-corrected chi connectivity index (χ3v) is 6.23. The van der Waals surface area contributed by atoms with Gasteiger partial charge in [-0.3, -0.25) is 4.79 Å². The highest BCUT2D eigenvalue weighted by atomic mass is 32.2. The van der Waals surface area contributed by atoms with E-state index in [0.717, 1.165) is 0 Å². The van der Waals surface area contributed by atoms with Gasteiger partial charge in [0, 0.05) is 20.1 Å². The summed E-state index contributed by atoms with van der Waals surface area (Å²) in [6.45, 7) is 4.23. The molecule has 0 aromatic heterocycles. The van der Waals surface area contributed by atoms with Gasteiger partial charge in [0.05, 0.1) is 22.7 Å². The molecule has 2 rings (SSSR count). The van der Waals surface area contributed by atoms with E-state index < -0.39 is 21.7 Å². The van der Waals surface area contributed by atoms with Crippen molar-refractivity contribution >= 4 is 27.3 Å². The number of hydrogen-bond donors (Lipinski definition) is 2. The van der Waals surface area contributed by atoms with Crippen LogP contribution in [-0.2, 0) is 21.2 Å². The maximum atomic E-state index is 13.7. The first-order valence-corrected chi connectivity index (χ1v) is 10.1. The molecular formula is C19H24FN3O3S. The summed E-state index contributed by atoms with van der Waals surface area (Å²) in [6.07, 6.45) is -0.150. The molecule has 1 amide bonds. The Morgan fingerprint density at radius 1 is 1.07 bits per heavy atom. The van der Waals surface area contributed by atoms with Crippen LogP contribution in [0.3, 0.4) is 0 Å². The van der Waals surface area contributed by atoms with E-state index in [1.165, 1.54) is 28.6 Å². The molecule has 0 heterocycles. The highest BCUT2D eigenvalue weighted by Gasteiger charge is 2.23. The van der Waals surface area contributed by atoms with Gasteiger partial charge in [-0.2, -0.15) is 4.31 Å². The topological polar surface area (TPSA) is 78.5 Å². The second kappa shape index (κ2) is 8.96. The summed E-state index contributed by atoms with van der Waals surface area (Å²) in [4.78, 5) is 12.4. The molecule has 6 nitrogen and oxygen atoms in total. The number of sulfonamides is 1. The molecule has 0 saturated heterocycles. The fourth-order valence-electron chi connectivity index (χ4n) is 2.73. The maximum Gasteiger partial charge on any atom is 0.243 e. The molecule has 8 heteroatoms. The molecule has 27 heavy (non-hydrogen) atoms. The second-order valence-electron chi connectivity index (χ2n) is 5.86. The predicted octanol–water partition coefficient (Wildman–Crippen LogP) is 3.08. The third-order valence-electron chi connectivity index (χ3n) is 4.19. The molecule has 0 atom stereocenters. The summed E-state index contributed by atoms with van der Waals surface area (Å²) < 4.78 is 40.5. The van der Waals surface area contributed by atoms with E-state index in [-0.39, 0.29) is 16.9 Å². The normalized spacial score (nSPS) is 11.4. The second-order valence-corrected chi connectivity index (χ2v) is 7.80. The van der Waals surface area contributed by atoms with E-state index in [1.54, 1.807) is 39.1 Å². The molecule has 2 N–H and O–H groups in total. The molecule has 0 aliphatic rings. The largest absolute Gasteiger partial charge is 0.386 e. The van der Waals surface area contributed by atoms with E-state index in [1.807, 2.05) is 0 Å². The number of halogens is 1. The molecule has 0 saturated carbocycles. The number of nitrogens with one attached hydrogen (secondary N) is 2. The van der Waals surface area contributed by atoms with Crippen molar-refractivity contribution in [3.63, 3.8) is 0 Å². The van der Waals surface area contributed by atoms with Gasteiger partial charge in [0.25, 0.3) is 0 Å². The molecule has 0 aliphatic heterocycles. The molecule has 0 aliphatic carbocycles. The van der Waals surface area contributed by atoms with Gasteiger partial charge in [-0.05, 0) is 29.8 Å². The zero-order chi connectivity index (χ0) is 20.0. The van der Waals surface area contributed by atoms with Gasteiger partial charge in [0.2, 0.25) is 15.9 Å². The minimum absolute atomic E-state index is 0.0893. The van der Waals surface area contributed by atoms with E-state index in [2.05, 4.69) is 10.6 Å². The third kappa shape index (κ3) is 4.84. The lowest BCUT2D eigenvalue weighted by molar-refractivity contribution is -0.115. The van der Waals surface area contributed by atoms with Crippen LogP contribution in [0, 0.1) is 5.82 Å². The monoisotopic (exact) mass is 393 g/mol. The number of nitrogens with zero attached hydrogens (tertiary/aromatic N) is 1. The summed E-state index contributed by atoms with van der Waals surface area (Å²) in [5, 5.41) is 5.59. The molecule has 2 aromatic rings. The lowest BCUT2D eigenvalue weighted by Gasteiger charge is -2.20. The van der Waals surface area contributed by atoms with Crippen LogP contribution in [0.15, 0.2) is 47.4 Å².